The Hall–Kier alpha value is -2.45. The Labute approximate surface area is 184 Å². The van der Waals surface area contributed by atoms with Crippen molar-refractivity contribution in [2.24, 2.45) is 5.92 Å². The van der Waals surface area contributed by atoms with E-state index in [4.69, 9.17) is 0 Å². The number of benzene rings is 2. The fourth-order valence-corrected chi connectivity index (χ4v) is 5.22. The van der Waals surface area contributed by atoms with E-state index < -0.39 is 26.8 Å². The van der Waals surface area contributed by atoms with Crippen LogP contribution < -0.4 is 9.62 Å². The molecule has 1 aliphatic heterocycles. The number of carbonyl (C=O) groups excluding carboxylic acids is 1. The minimum atomic E-state index is -4.17. The van der Waals surface area contributed by atoms with E-state index in [-0.39, 0.29) is 11.8 Å². The Morgan fingerprint density at radius 3 is 2.26 bits per heavy atom. The van der Waals surface area contributed by atoms with Gasteiger partial charge in [0.05, 0.1) is 0 Å². The van der Waals surface area contributed by atoms with E-state index in [2.05, 4.69) is 35.6 Å². The second-order valence-electron chi connectivity index (χ2n) is 8.30. The summed E-state index contributed by atoms with van der Waals surface area (Å²) >= 11 is 0. The summed E-state index contributed by atoms with van der Waals surface area (Å²) in [4.78, 5) is 16.7. The number of carbonyl (C=O) groups is 1. The molecule has 8 heteroatoms. The molecular formula is C23H30FN3O3S. The number of hydrogen-bond acceptors (Lipinski definition) is 4. The summed E-state index contributed by atoms with van der Waals surface area (Å²) in [5, 5.41) is 0. The van der Waals surface area contributed by atoms with E-state index in [1.54, 1.807) is 18.7 Å². The first-order chi connectivity index (χ1) is 14.6. The molecule has 1 saturated heterocycles. The van der Waals surface area contributed by atoms with Crippen LogP contribution in [0.4, 0.5) is 10.1 Å². The predicted molar refractivity (Wildman–Crippen MR) is 120 cm³/mol. The van der Waals surface area contributed by atoms with Gasteiger partial charge in [-0.3, -0.25) is 4.79 Å². The molecule has 1 N–H and O–H groups in total. The number of sulfonamides is 1. The zero-order valence-corrected chi connectivity index (χ0v) is 19.2. The monoisotopic (exact) mass is 447 g/mol. The highest BCUT2D eigenvalue weighted by atomic mass is 32.2. The first-order valence-electron chi connectivity index (χ1n) is 10.5. The summed E-state index contributed by atoms with van der Waals surface area (Å²) in [7, 11) is -4.17. The molecule has 1 amide bonds. The molecule has 0 aromatic heterocycles. The zero-order valence-electron chi connectivity index (χ0n) is 18.4. The fraction of sp³-hybridized carbons (Fsp3) is 0.435. The van der Waals surface area contributed by atoms with Crippen molar-refractivity contribution in [3.8, 4) is 0 Å². The van der Waals surface area contributed by atoms with E-state index in [1.807, 2.05) is 6.07 Å². The number of halogens is 1. The molecule has 1 unspecified atom stereocenters. The Morgan fingerprint density at radius 2 is 1.65 bits per heavy atom. The van der Waals surface area contributed by atoms with Crippen LogP contribution in [0.2, 0.25) is 0 Å². The van der Waals surface area contributed by atoms with E-state index in [0.717, 1.165) is 11.8 Å². The molecule has 6 nitrogen and oxygen atoms in total. The van der Waals surface area contributed by atoms with Crippen molar-refractivity contribution < 1.29 is 17.6 Å². The van der Waals surface area contributed by atoms with Gasteiger partial charge in [0.25, 0.3) is 0 Å². The number of nitrogens with zero attached hydrogens (tertiary/aromatic N) is 2. The lowest BCUT2D eigenvalue weighted by Gasteiger charge is -2.39. The first kappa shape index (κ1) is 23.2. The molecule has 2 aromatic rings. The summed E-state index contributed by atoms with van der Waals surface area (Å²) in [5.74, 6) is -1.41. The molecule has 0 radical (unpaired) electrons. The van der Waals surface area contributed by atoms with E-state index in [1.165, 1.54) is 29.3 Å². The van der Waals surface area contributed by atoms with Gasteiger partial charge >= 0.3 is 0 Å². The van der Waals surface area contributed by atoms with Gasteiger partial charge in [-0.2, -0.15) is 4.72 Å². The lowest BCUT2D eigenvalue weighted by molar-refractivity contribution is -0.134. The molecule has 1 heterocycles. The topological polar surface area (TPSA) is 69.7 Å². The van der Waals surface area contributed by atoms with E-state index in [9.17, 15) is 17.6 Å². The summed E-state index contributed by atoms with van der Waals surface area (Å²) in [6, 6.07) is 10.4. The number of hydrogen-bond donors (Lipinski definition) is 1. The van der Waals surface area contributed by atoms with Gasteiger partial charge in [-0.25, -0.2) is 12.8 Å². The molecule has 0 aliphatic carbocycles. The normalized spacial score (nSPS) is 15.9. The number of aryl methyl sites for hydroxylation is 1. The maximum atomic E-state index is 14.0. The number of nitrogens with one attached hydrogen (secondary N) is 1. The standard InChI is InChI=1S/C23H30FN3O3S/c1-16(2)22(25-31(29,30)21-11-6-5-9-19(21)24)23(28)27-14-12-26(13-15-27)20-10-7-8-17(3)18(20)4/h5-11,16,22,25H,12-15H2,1-4H3. The summed E-state index contributed by atoms with van der Waals surface area (Å²) < 4.78 is 41.9. The average Bonchev–Trinajstić information content (AvgIpc) is 2.74. The molecular weight excluding hydrogens is 417 g/mol. The third-order valence-electron chi connectivity index (χ3n) is 5.85. The Morgan fingerprint density at radius 1 is 1.00 bits per heavy atom. The second-order valence-corrected chi connectivity index (χ2v) is 9.99. The minimum absolute atomic E-state index is 0.282. The van der Waals surface area contributed by atoms with Gasteiger partial charge in [-0.15, -0.1) is 0 Å². The van der Waals surface area contributed by atoms with Crippen LogP contribution in [0.5, 0.6) is 0 Å². The van der Waals surface area contributed by atoms with Crippen LogP contribution >= 0.6 is 0 Å². The van der Waals surface area contributed by atoms with E-state index >= 15 is 0 Å². The lowest BCUT2D eigenvalue weighted by Crippen LogP contribution is -2.56. The Balaban J connectivity index is 1.72. The predicted octanol–water partition coefficient (Wildman–Crippen LogP) is 3.09. The molecule has 0 saturated carbocycles. The molecule has 31 heavy (non-hydrogen) atoms. The van der Waals surface area contributed by atoms with Crippen LogP contribution in [0.25, 0.3) is 0 Å². The van der Waals surface area contributed by atoms with Gasteiger partial charge < -0.3 is 9.80 Å². The van der Waals surface area contributed by atoms with Crippen molar-refractivity contribution in [2.75, 3.05) is 31.1 Å². The SMILES string of the molecule is Cc1cccc(N2CCN(C(=O)C(NS(=O)(=O)c3ccccc3F)C(C)C)CC2)c1C. The van der Waals surface area contributed by atoms with Gasteiger partial charge in [-0.05, 0) is 49.1 Å². The van der Waals surface area contributed by atoms with Gasteiger partial charge in [0.1, 0.15) is 16.8 Å². The van der Waals surface area contributed by atoms with Crippen molar-refractivity contribution >= 4 is 21.6 Å². The van der Waals surface area contributed by atoms with Crippen LogP contribution in [0.3, 0.4) is 0 Å². The highest BCUT2D eigenvalue weighted by Crippen LogP contribution is 2.24. The highest BCUT2D eigenvalue weighted by Gasteiger charge is 2.34. The van der Waals surface area contributed by atoms with Gasteiger partial charge in [0, 0.05) is 31.9 Å². The number of anilines is 1. The van der Waals surface area contributed by atoms with Crippen LogP contribution in [0.1, 0.15) is 25.0 Å². The van der Waals surface area contributed by atoms with Crippen LogP contribution in [-0.4, -0.2) is 51.4 Å². The average molecular weight is 448 g/mol. The third-order valence-corrected chi connectivity index (χ3v) is 7.32. The highest BCUT2D eigenvalue weighted by molar-refractivity contribution is 7.89. The Bertz CT molecular complexity index is 1050. The van der Waals surface area contributed by atoms with Gasteiger partial charge in [-0.1, -0.05) is 38.1 Å². The quantitative estimate of drug-likeness (QED) is 0.739. The maximum absolute atomic E-state index is 14.0. The second kappa shape index (κ2) is 9.36. The maximum Gasteiger partial charge on any atom is 0.244 e. The zero-order chi connectivity index (χ0) is 22.8. The summed E-state index contributed by atoms with van der Waals surface area (Å²) in [5.41, 5.74) is 3.60. The molecule has 3 rings (SSSR count). The van der Waals surface area contributed by atoms with Crippen LogP contribution in [0, 0.1) is 25.6 Å². The minimum Gasteiger partial charge on any atom is -0.368 e. The molecule has 168 valence electrons. The Kier molecular flexibility index (Phi) is 7.01. The van der Waals surface area contributed by atoms with E-state index in [0.29, 0.717) is 26.2 Å². The molecule has 1 atom stereocenters. The largest absolute Gasteiger partial charge is 0.368 e. The summed E-state index contributed by atoms with van der Waals surface area (Å²) in [6.45, 7) is 10.1. The van der Waals surface area contributed by atoms with Crippen molar-refractivity contribution in [3.63, 3.8) is 0 Å². The third kappa shape index (κ3) is 5.07. The molecule has 1 aliphatic rings. The smallest absolute Gasteiger partial charge is 0.244 e. The van der Waals surface area contributed by atoms with Crippen molar-refractivity contribution in [2.45, 2.75) is 38.6 Å². The molecule has 0 bridgehead atoms. The van der Waals surface area contributed by atoms with Gasteiger partial charge in [0.2, 0.25) is 15.9 Å². The van der Waals surface area contributed by atoms with Crippen LogP contribution in [-0.2, 0) is 14.8 Å². The number of rotatable bonds is 6. The first-order valence-corrected chi connectivity index (χ1v) is 12.0. The lowest BCUT2D eigenvalue weighted by atomic mass is 10.0. The fourth-order valence-electron chi connectivity index (χ4n) is 3.81. The van der Waals surface area contributed by atoms with Crippen molar-refractivity contribution in [3.05, 3.63) is 59.4 Å². The van der Waals surface area contributed by atoms with Crippen molar-refractivity contribution in [1.29, 1.82) is 0 Å². The van der Waals surface area contributed by atoms with Crippen LogP contribution in [0.15, 0.2) is 47.4 Å². The molecule has 0 spiro atoms. The number of amides is 1. The molecule has 1 fully saturated rings. The van der Waals surface area contributed by atoms with Crippen molar-refractivity contribution in [1.82, 2.24) is 9.62 Å². The summed E-state index contributed by atoms with van der Waals surface area (Å²) in [6.07, 6.45) is 0. The number of piperazine rings is 1. The van der Waals surface area contributed by atoms with Gasteiger partial charge in [0.15, 0.2) is 0 Å². The molecule has 2 aromatic carbocycles.